The number of hydrogen-bond acceptors (Lipinski definition) is 2. The third-order valence-corrected chi connectivity index (χ3v) is 4.70. The maximum Gasteiger partial charge on any atom is 0.158 e. The number of benzene rings is 2. The molecule has 0 radical (unpaired) electrons. The number of hydrogen-bond donors (Lipinski definition) is 0. The van der Waals surface area contributed by atoms with Gasteiger partial charge < -0.3 is 14.2 Å². The second-order valence-corrected chi connectivity index (χ2v) is 6.23. The highest BCUT2D eigenvalue weighted by Gasteiger charge is 2.28. The largest absolute Gasteiger partial charge is 0.352 e. The maximum atomic E-state index is 13.2. The molecule has 0 aliphatic carbocycles. The minimum atomic E-state index is -0.220. The molecular formula is C21H21FN2O. The van der Waals surface area contributed by atoms with Crippen LogP contribution in [0, 0.1) is 5.82 Å². The van der Waals surface area contributed by atoms with Crippen LogP contribution in [0.2, 0.25) is 0 Å². The van der Waals surface area contributed by atoms with E-state index in [-0.39, 0.29) is 12.0 Å². The summed E-state index contributed by atoms with van der Waals surface area (Å²) in [6, 6.07) is 17.1. The van der Waals surface area contributed by atoms with Gasteiger partial charge in [0.25, 0.3) is 0 Å². The van der Waals surface area contributed by atoms with Crippen molar-refractivity contribution in [1.29, 1.82) is 0 Å². The molecule has 0 N–H and O–H groups in total. The fourth-order valence-corrected chi connectivity index (χ4v) is 3.41. The standard InChI is InChI=1S/C21H21FN2O/c1-2-16-5-3-4-6-20(16)23-12-11-17(15-23)21-24(13-14-25-21)19-9-7-18(22)8-10-19/h3-12,15,21H,2,13-14H2,1H3. The highest BCUT2D eigenvalue weighted by atomic mass is 19.1. The summed E-state index contributed by atoms with van der Waals surface area (Å²) in [6.45, 7) is 3.63. The summed E-state index contributed by atoms with van der Waals surface area (Å²) < 4.78 is 21.3. The van der Waals surface area contributed by atoms with Gasteiger partial charge >= 0.3 is 0 Å². The van der Waals surface area contributed by atoms with Gasteiger partial charge in [-0.2, -0.15) is 0 Å². The third-order valence-electron chi connectivity index (χ3n) is 4.70. The zero-order chi connectivity index (χ0) is 17.2. The molecular weight excluding hydrogens is 315 g/mol. The monoisotopic (exact) mass is 336 g/mol. The van der Waals surface area contributed by atoms with E-state index in [0.29, 0.717) is 6.61 Å². The molecule has 0 spiro atoms. The highest BCUT2D eigenvalue weighted by molar-refractivity contribution is 5.49. The predicted molar refractivity (Wildman–Crippen MR) is 97.6 cm³/mol. The summed E-state index contributed by atoms with van der Waals surface area (Å²) in [7, 11) is 0. The molecule has 4 rings (SSSR count). The Kier molecular flexibility index (Phi) is 4.28. The Morgan fingerprint density at radius 1 is 1.08 bits per heavy atom. The van der Waals surface area contributed by atoms with Crippen molar-refractivity contribution in [3.8, 4) is 5.69 Å². The quantitative estimate of drug-likeness (QED) is 0.686. The average Bonchev–Trinajstić information content (AvgIpc) is 3.31. The molecule has 1 aliphatic rings. The van der Waals surface area contributed by atoms with Gasteiger partial charge in [0.2, 0.25) is 0 Å². The maximum absolute atomic E-state index is 13.2. The van der Waals surface area contributed by atoms with Crippen molar-refractivity contribution in [2.75, 3.05) is 18.1 Å². The Hall–Kier alpha value is -2.59. The molecule has 128 valence electrons. The first-order chi connectivity index (χ1) is 12.3. The van der Waals surface area contributed by atoms with Crippen LogP contribution >= 0.6 is 0 Å². The smallest absolute Gasteiger partial charge is 0.158 e. The molecule has 0 saturated carbocycles. The summed E-state index contributed by atoms with van der Waals surface area (Å²) >= 11 is 0. The van der Waals surface area contributed by atoms with Crippen LogP contribution in [0.1, 0.15) is 24.3 Å². The molecule has 0 bridgehead atoms. The van der Waals surface area contributed by atoms with E-state index in [0.717, 1.165) is 24.2 Å². The van der Waals surface area contributed by atoms with Crippen LogP contribution in [-0.2, 0) is 11.2 Å². The Labute approximate surface area is 147 Å². The molecule has 1 atom stereocenters. The minimum Gasteiger partial charge on any atom is -0.352 e. The summed E-state index contributed by atoms with van der Waals surface area (Å²) in [5, 5.41) is 0. The fourth-order valence-electron chi connectivity index (χ4n) is 3.41. The molecule has 1 aliphatic heterocycles. The zero-order valence-corrected chi connectivity index (χ0v) is 14.2. The molecule has 2 aromatic carbocycles. The van der Waals surface area contributed by atoms with Crippen LogP contribution in [0.4, 0.5) is 10.1 Å². The molecule has 1 saturated heterocycles. The van der Waals surface area contributed by atoms with Crippen LogP contribution in [0.15, 0.2) is 67.0 Å². The van der Waals surface area contributed by atoms with Crippen molar-refractivity contribution in [3.63, 3.8) is 0 Å². The van der Waals surface area contributed by atoms with Crippen molar-refractivity contribution >= 4 is 5.69 Å². The molecule has 4 heteroatoms. The molecule has 1 unspecified atom stereocenters. The van der Waals surface area contributed by atoms with E-state index in [1.165, 1.54) is 23.4 Å². The summed E-state index contributed by atoms with van der Waals surface area (Å²) in [6.07, 6.45) is 5.06. The number of ether oxygens (including phenoxy) is 1. The van der Waals surface area contributed by atoms with Crippen molar-refractivity contribution in [3.05, 3.63) is 83.9 Å². The van der Waals surface area contributed by atoms with Gasteiger partial charge in [0.05, 0.1) is 6.61 Å². The second-order valence-electron chi connectivity index (χ2n) is 6.23. The summed E-state index contributed by atoms with van der Waals surface area (Å²) in [5.41, 5.74) is 4.59. The number of aromatic nitrogens is 1. The van der Waals surface area contributed by atoms with Crippen molar-refractivity contribution < 1.29 is 9.13 Å². The van der Waals surface area contributed by atoms with Gasteiger partial charge in [0.15, 0.2) is 6.23 Å². The highest BCUT2D eigenvalue weighted by Crippen LogP contribution is 2.33. The Balaban J connectivity index is 1.64. The van der Waals surface area contributed by atoms with Gasteiger partial charge in [-0.25, -0.2) is 4.39 Å². The molecule has 1 fully saturated rings. The van der Waals surface area contributed by atoms with E-state index < -0.39 is 0 Å². The lowest BCUT2D eigenvalue weighted by Gasteiger charge is -2.24. The van der Waals surface area contributed by atoms with Gasteiger partial charge in [0, 0.05) is 35.9 Å². The number of nitrogens with zero attached hydrogens (tertiary/aromatic N) is 2. The lowest BCUT2D eigenvalue weighted by atomic mass is 10.1. The first kappa shape index (κ1) is 15.9. The van der Waals surface area contributed by atoms with Gasteiger partial charge in [-0.05, 0) is 48.4 Å². The molecule has 3 nitrogen and oxygen atoms in total. The van der Waals surface area contributed by atoms with Gasteiger partial charge in [-0.3, -0.25) is 0 Å². The number of para-hydroxylation sites is 1. The Morgan fingerprint density at radius 2 is 1.88 bits per heavy atom. The SMILES string of the molecule is CCc1ccccc1-n1ccc(C2OCCN2c2ccc(F)cc2)c1. The van der Waals surface area contributed by atoms with Gasteiger partial charge in [-0.1, -0.05) is 25.1 Å². The number of aryl methyl sites for hydroxylation is 1. The molecule has 25 heavy (non-hydrogen) atoms. The Morgan fingerprint density at radius 3 is 2.68 bits per heavy atom. The normalized spacial score (nSPS) is 17.2. The van der Waals surface area contributed by atoms with E-state index >= 15 is 0 Å². The molecule has 1 aromatic heterocycles. The summed E-state index contributed by atoms with van der Waals surface area (Å²) in [4.78, 5) is 2.17. The van der Waals surface area contributed by atoms with Crippen LogP contribution in [-0.4, -0.2) is 17.7 Å². The van der Waals surface area contributed by atoms with E-state index in [4.69, 9.17) is 4.74 Å². The van der Waals surface area contributed by atoms with Crippen molar-refractivity contribution in [2.45, 2.75) is 19.6 Å². The average molecular weight is 336 g/mol. The first-order valence-corrected chi connectivity index (χ1v) is 8.66. The van der Waals surface area contributed by atoms with Crippen molar-refractivity contribution in [1.82, 2.24) is 4.57 Å². The number of halogens is 1. The summed E-state index contributed by atoms with van der Waals surface area (Å²) in [5.74, 6) is -0.220. The van der Waals surface area contributed by atoms with Crippen LogP contribution in [0.25, 0.3) is 5.69 Å². The van der Waals surface area contributed by atoms with Crippen molar-refractivity contribution in [2.24, 2.45) is 0 Å². The fraction of sp³-hybridized carbons (Fsp3) is 0.238. The first-order valence-electron chi connectivity index (χ1n) is 8.66. The molecule has 0 amide bonds. The van der Waals surface area contributed by atoms with Crippen LogP contribution < -0.4 is 4.90 Å². The number of rotatable bonds is 4. The van der Waals surface area contributed by atoms with Gasteiger partial charge in [0.1, 0.15) is 5.82 Å². The van der Waals surface area contributed by atoms with Gasteiger partial charge in [-0.15, -0.1) is 0 Å². The van der Waals surface area contributed by atoms with E-state index in [1.54, 1.807) is 12.1 Å². The number of anilines is 1. The zero-order valence-electron chi connectivity index (χ0n) is 14.2. The van der Waals surface area contributed by atoms with E-state index in [1.807, 2.05) is 0 Å². The van der Waals surface area contributed by atoms with Crippen LogP contribution in [0.5, 0.6) is 0 Å². The second kappa shape index (κ2) is 6.73. The molecule has 3 aromatic rings. The minimum absolute atomic E-state index is 0.138. The van der Waals surface area contributed by atoms with E-state index in [2.05, 4.69) is 59.1 Å². The van der Waals surface area contributed by atoms with E-state index in [9.17, 15) is 4.39 Å². The Bertz CT molecular complexity index is 856. The molecule has 2 heterocycles. The topological polar surface area (TPSA) is 17.4 Å². The lowest BCUT2D eigenvalue weighted by Crippen LogP contribution is -2.22. The third kappa shape index (κ3) is 3.05. The predicted octanol–water partition coefficient (Wildman–Crippen LogP) is 4.71. The lowest BCUT2D eigenvalue weighted by molar-refractivity contribution is 0.114. The van der Waals surface area contributed by atoms with Crippen LogP contribution in [0.3, 0.4) is 0 Å².